The Morgan fingerprint density at radius 3 is 3.07 bits per heavy atom. The minimum atomic E-state index is 0.741. The number of hydrogen-bond acceptors (Lipinski definition) is 3. The van der Waals surface area contributed by atoms with Crippen LogP contribution in [0.25, 0.3) is 0 Å². The van der Waals surface area contributed by atoms with E-state index in [1.807, 2.05) is 0 Å². The summed E-state index contributed by atoms with van der Waals surface area (Å²) in [5.41, 5.74) is 0. The van der Waals surface area contributed by atoms with Crippen molar-refractivity contribution in [3.05, 3.63) is 0 Å². The fraction of sp³-hybridized carbons (Fsp3) is 1.00. The van der Waals surface area contributed by atoms with Crippen molar-refractivity contribution in [3.63, 3.8) is 0 Å². The predicted molar refractivity (Wildman–Crippen MR) is 57.4 cm³/mol. The molecule has 0 radical (unpaired) electrons. The molecule has 2 saturated heterocycles. The molecule has 2 fully saturated rings. The second kappa shape index (κ2) is 5.10. The molecule has 0 bridgehead atoms. The molecule has 0 amide bonds. The third kappa shape index (κ3) is 2.69. The summed E-state index contributed by atoms with van der Waals surface area (Å²) < 4.78 is 5.42. The van der Waals surface area contributed by atoms with Crippen LogP contribution in [0.15, 0.2) is 0 Å². The summed E-state index contributed by atoms with van der Waals surface area (Å²) in [5.74, 6) is 0.788. The van der Waals surface area contributed by atoms with E-state index < -0.39 is 0 Å². The zero-order valence-electron chi connectivity index (χ0n) is 9.17. The summed E-state index contributed by atoms with van der Waals surface area (Å²) in [7, 11) is 0. The molecule has 2 aliphatic heterocycles. The third-order valence-corrected chi connectivity index (χ3v) is 3.45. The smallest absolute Gasteiger partial charge is 0.0507 e. The molecule has 2 heterocycles. The monoisotopic (exact) mass is 198 g/mol. The van der Waals surface area contributed by atoms with Gasteiger partial charge in [0.1, 0.15) is 0 Å². The van der Waals surface area contributed by atoms with Crippen LogP contribution < -0.4 is 5.32 Å². The lowest BCUT2D eigenvalue weighted by Crippen LogP contribution is -2.38. The first kappa shape index (κ1) is 10.4. The molecular weight excluding hydrogens is 176 g/mol. The number of hydrogen-bond donors (Lipinski definition) is 1. The van der Waals surface area contributed by atoms with Crippen molar-refractivity contribution in [2.24, 2.45) is 5.92 Å². The summed E-state index contributed by atoms with van der Waals surface area (Å²) in [4.78, 5) is 2.62. The van der Waals surface area contributed by atoms with E-state index in [4.69, 9.17) is 4.74 Å². The van der Waals surface area contributed by atoms with Crippen molar-refractivity contribution in [1.29, 1.82) is 0 Å². The SMILES string of the molecule is CC1CCNCCN1CC1CCOC1. The van der Waals surface area contributed by atoms with E-state index in [-0.39, 0.29) is 0 Å². The Kier molecular flexibility index (Phi) is 3.79. The van der Waals surface area contributed by atoms with Gasteiger partial charge in [0, 0.05) is 32.3 Å². The van der Waals surface area contributed by atoms with Crippen LogP contribution in [0.5, 0.6) is 0 Å². The molecule has 1 N–H and O–H groups in total. The van der Waals surface area contributed by atoms with Gasteiger partial charge in [-0.1, -0.05) is 0 Å². The van der Waals surface area contributed by atoms with E-state index in [9.17, 15) is 0 Å². The largest absolute Gasteiger partial charge is 0.381 e. The lowest BCUT2D eigenvalue weighted by molar-refractivity contribution is 0.152. The van der Waals surface area contributed by atoms with Crippen LogP contribution >= 0.6 is 0 Å². The number of nitrogens with zero attached hydrogens (tertiary/aromatic N) is 1. The average molecular weight is 198 g/mol. The molecule has 2 aliphatic rings. The maximum Gasteiger partial charge on any atom is 0.0507 e. The van der Waals surface area contributed by atoms with Crippen LogP contribution in [0.4, 0.5) is 0 Å². The minimum Gasteiger partial charge on any atom is -0.381 e. The lowest BCUT2D eigenvalue weighted by Gasteiger charge is -2.28. The normalized spacial score (nSPS) is 35.8. The van der Waals surface area contributed by atoms with Crippen LogP contribution in [-0.2, 0) is 4.74 Å². The van der Waals surface area contributed by atoms with E-state index in [1.165, 1.54) is 32.5 Å². The van der Waals surface area contributed by atoms with Crippen molar-refractivity contribution in [3.8, 4) is 0 Å². The molecule has 2 rings (SSSR count). The summed E-state index contributed by atoms with van der Waals surface area (Å²) in [6.07, 6.45) is 2.55. The van der Waals surface area contributed by atoms with Gasteiger partial charge in [-0.3, -0.25) is 4.90 Å². The highest BCUT2D eigenvalue weighted by Crippen LogP contribution is 2.16. The van der Waals surface area contributed by atoms with E-state index >= 15 is 0 Å². The van der Waals surface area contributed by atoms with E-state index in [0.29, 0.717) is 0 Å². The van der Waals surface area contributed by atoms with E-state index in [2.05, 4.69) is 17.1 Å². The molecule has 14 heavy (non-hydrogen) atoms. The van der Waals surface area contributed by atoms with Crippen LogP contribution in [0.3, 0.4) is 0 Å². The second-order valence-corrected chi connectivity index (χ2v) is 4.61. The molecule has 0 aromatic rings. The highest BCUT2D eigenvalue weighted by atomic mass is 16.5. The van der Waals surface area contributed by atoms with Gasteiger partial charge in [0.15, 0.2) is 0 Å². The summed E-state index contributed by atoms with van der Waals surface area (Å²) in [5, 5.41) is 3.46. The Morgan fingerprint density at radius 1 is 1.36 bits per heavy atom. The number of rotatable bonds is 2. The van der Waals surface area contributed by atoms with Crippen molar-refractivity contribution >= 4 is 0 Å². The highest BCUT2D eigenvalue weighted by molar-refractivity contribution is 4.77. The molecule has 3 nitrogen and oxygen atoms in total. The molecular formula is C11H22N2O. The molecule has 0 spiro atoms. The van der Waals surface area contributed by atoms with Crippen molar-refractivity contribution in [2.75, 3.05) is 39.4 Å². The van der Waals surface area contributed by atoms with Crippen LogP contribution in [0.1, 0.15) is 19.8 Å². The van der Waals surface area contributed by atoms with Crippen LogP contribution in [0.2, 0.25) is 0 Å². The van der Waals surface area contributed by atoms with Gasteiger partial charge in [-0.05, 0) is 32.2 Å². The van der Waals surface area contributed by atoms with Gasteiger partial charge < -0.3 is 10.1 Å². The van der Waals surface area contributed by atoms with Gasteiger partial charge in [0.25, 0.3) is 0 Å². The average Bonchev–Trinajstić information content (AvgIpc) is 2.60. The molecule has 0 aromatic heterocycles. The molecule has 2 atom stereocenters. The maximum absolute atomic E-state index is 5.42. The van der Waals surface area contributed by atoms with Crippen LogP contribution in [0, 0.1) is 5.92 Å². The van der Waals surface area contributed by atoms with Crippen molar-refractivity contribution < 1.29 is 4.74 Å². The fourth-order valence-electron chi connectivity index (χ4n) is 2.39. The Balaban J connectivity index is 1.81. The summed E-state index contributed by atoms with van der Waals surface area (Å²) >= 11 is 0. The Bertz CT molecular complexity index is 169. The van der Waals surface area contributed by atoms with Crippen molar-refractivity contribution in [2.45, 2.75) is 25.8 Å². The third-order valence-electron chi connectivity index (χ3n) is 3.45. The molecule has 82 valence electrons. The second-order valence-electron chi connectivity index (χ2n) is 4.61. The standard InChI is InChI=1S/C11H22N2O/c1-10-2-4-12-5-6-13(10)8-11-3-7-14-9-11/h10-12H,2-9H2,1H3. The van der Waals surface area contributed by atoms with Crippen LogP contribution in [-0.4, -0.2) is 50.3 Å². The summed E-state index contributed by atoms with van der Waals surface area (Å²) in [6.45, 7) is 9.09. The molecule has 0 aromatic carbocycles. The first-order valence-corrected chi connectivity index (χ1v) is 5.89. The number of ether oxygens (including phenoxy) is 1. The first-order chi connectivity index (χ1) is 6.86. The van der Waals surface area contributed by atoms with Gasteiger partial charge >= 0.3 is 0 Å². The topological polar surface area (TPSA) is 24.5 Å². The van der Waals surface area contributed by atoms with Gasteiger partial charge in [0.2, 0.25) is 0 Å². The maximum atomic E-state index is 5.42. The van der Waals surface area contributed by atoms with Gasteiger partial charge in [-0.15, -0.1) is 0 Å². The zero-order chi connectivity index (χ0) is 9.80. The Labute approximate surface area is 86.8 Å². The number of nitrogens with one attached hydrogen (secondary N) is 1. The quantitative estimate of drug-likeness (QED) is 0.707. The summed E-state index contributed by atoms with van der Waals surface area (Å²) in [6, 6.07) is 0.741. The zero-order valence-corrected chi connectivity index (χ0v) is 9.17. The molecule has 0 saturated carbocycles. The van der Waals surface area contributed by atoms with Gasteiger partial charge in [0.05, 0.1) is 6.61 Å². The van der Waals surface area contributed by atoms with Crippen molar-refractivity contribution in [1.82, 2.24) is 10.2 Å². The van der Waals surface area contributed by atoms with Gasteiger partial charge in [-0.25, -0.2) is 0 Å². The lowest BCUT2D eigenvalue weighted by atomic mass is 10.1. The molecule has 2 unspecified atom stereocenters. The Hall–Kier alpha value is -0.120. The minimum absolute atomic E-state index is 0.741. The first-order valence-electron chi connectivity index (χ1n) is 5.89. The molecule has 0 aliphatic carbocycles. The molecule has 3 heteroatoms. The van der Waals surface area contributed by atoms with E-state index in [0.717, 1.165) is 31.7 Å². The predicted octanol–water partition coefficient (Wildman–Crippen LogP) is 0.707. The van der Waals surface area contributed by atoms with E-state index in [1.54, 1.807) is 0 Å². The highest BCUT2D eigenvalue weighted by Gasteiger charge is 2.22. The fourth-order valence-corrected chi connectivity index (χ4v) is 2.39. The Morgan fingerprint density at radius 2 is 2.29 bits per heavy atom. The van der Waals surface area contributed by atoms with Gasteiger partial charge in [-0.2, -0.15) is 0 Å².